The predicted molar refractivity (Wildman–Crippen MR) is 279 cm³/mol. The van der Waals surface area contributed by atoms with Crippen molar-refractivity contribution in [1.82, 2.24) is 0 Å². The van der Waals surface area contributed by atoms with E-state index in [0.717, 1.165) is 116 Å². The van der Waals surface area contributed by atoms with Gasteiger partial charge in [0.05, 0.1) is 0 Å². The van der Waals surface area contributed by atoms with E-state index in [1.165, 1.54) is 96.3 Å². The first-order valence-electron chi connectivity index (χ1n) is 27.1. The highest BCUT2D eigenvalue weighted by molar-refractivity contribution is 5.71. The SMILES string of the molecule is CC/C=C\C/C=C\C/C=C\CCCCCC(=O)OCC(COC(=O)CCCCCCCC/C=C\C/C=C\C/C=C\CCCCC)OC(=O)CCCCCCC/C=C\CCCCCCCC. The van der Waals surface area contributed by atoms with Crippen LogP contribution in [0.3, 0.4) is 0 Å². The van der Waals surface area contributed by atoms with Gasteiger partial charge < -0.3 is 14.2 Å². The fourth-order valence-electron chi connectivity index (χ4n) is 7.28. The van der Waals surface area contributed by atoms with Gasteiger partial charge in [-0.1, -0.05) is 202 Å². The van der Waals surface area contributed by atoms with Crippen molar-refractivity contribution in [3.63, 3.8) is 0 Å². The summed E-state index contributed by atoms with van der Waals surface area (Å²) in [6, 6.07) is 0. The van der Waals surface area contributed by atoms with Crippen LogP contribution >= 0.6 is 0 Å². The van der Waals surface area contributed by atoms with Gasteiger partial charge in [0.15, 0.2) is 6.10 Å². The predicted octanol–water partition coefficient (Wildman–Crippen LogP) is 18.0. The summed E-state index contributed by atoms with van der Waals surface area (Å²) in [7, 11) is 0. The zero-order chi connectivity index (χ0) is 47.2. The second-order valence-electron chi connectivity index (χ2n) is 17.7. The molecule has 6 heteroatoms. The Balaban J connectivity index is 4.44. The number of unbranched alkanes of at least 4 members (excludes halogenated alkanes) is 23. The van der Waals surface area contributed by atoms with Gasteiger partial charge in [0.2, 0.25) is 0 Å². The van der Waals surface area contributed by atoms with E-state index in [4.69, 9.17) is 14.2 Å². The van der Waals surface area contributed by atoms with Crippen molar-refractivity contribution in [3.05, 3.63) is 85.1 Å². The van der Waals surface area contributed by atoms with Crippen molar-refractivity contribution in [1.29, 1.82) is 0 Å². The Morgan fingerprint density at radius 1 is 0.323 bits per heavy atom. The molecule has 6 nitrogen and oxygen atoms in total. The van der Waals surface area contributed by atoms with Gasteiger partial charge in [-0.05, 0) is 116 Å². The topological polar surface area (TPSA) is 78.9 Å². The minimum Gasteiger partial charge on any atom is -0.462 e. The number of carbonyl (C=O) groups is 3. The Hall–Kier alpha value is -3.41. The first-order valence-corrected chi connectivity index (χ1v) is 27.1. The minimum atomic E-state index is -0.798. The molecule has 0 aromatic rings. The number of hydrogen-bond donors (Lipinski definition) is 0. The maximum absolute atomic E-state index is 12.8. The molecule has 0 aromatic heterocycles. The summed E-state index contributed by atoms with van der Waals surface area (Å²) in [6.07, 6.45) is 68.5. The van der Waals surface area contributed by atoms with E-state index >= 15 is 0 Å². The second-order valence-corrected chi connectivity index (χ2v) is 17.7. The first-order chi connectivity index (χ1) is 32.0. The molecule has 0 aliphatic rings. The summed E-state index contributed by atoms with van der Waals surface area (Å²) in [5, 5.41) is 0. The molecule has 0 spiro atoms. The van der Waals surface area contributed by atoms with Crippen LogP contribution < -0.4 is 0 Å². The largest absolute Gasteiger partial charge is 0.462 e. The van der Waals surface area contributed by atoms with Gasteiger partial charge in [0.25, 0.3) is 0 Å². The van der Waals surface area contributed by atoms with Crippen molar-refractivity contribution < 1.29 is 28.6 Å². The zero-order valence-electron chi connectivity index (χ0n) is 42.5. The van der Waals surface area contributed by atoms with Crippen LogP contribution in [-0.2, 0) is 28.6 Å². The fraction of sp³-hybridized carbons (Fsp3) is 0.712. The Kier molecular flexibility index (Phi) is 50.4. The van der Waals surface area contributed by atoms with Gasteiger partial charge in [-0.3, -0.25) is 14.4 Å². The Bertz CT molecular complexity index is 1270. The monoisotopic (exact) mass is 905 g/mol. The summed E-state index contributed by atoms with van der Waals surface area (Å²) in [4.78, 5) is 38.0. The standard InChI is InChI=1S/C59H100O6/c1-4-7-10-13-16-19-22-25-27-28-29-30-32-34-37-40-43-46-49-52-58(61)64-55-56(54-63-57(60)51-48-45-42-39-36-33-24-21-18-15-12-9-6-3)65-59(62)53-50-47-44-41-38-35-31-26-23-20-17-14-11-8-5-2/h9,12,16,18-19,21,25-27,29-31,33,36,56H,4-8,10-11,13-15,17,20,22-24,28,32,34-35,37-55H2,1-3H3/b12-9-,19-16-,21-18-,27-25-,30-29-,31-26-,36-33-. The van der Waals surface area contributed by atoms with Crippen LogP contribution in [0, 0.1) is 0 Å². The highest BCUT2D eigenvalue weighted by Crippen LogP contribution is 2.14. The molecule has 0 fully saturated rings. The third kappa shape index (κ3) is 51.4. The summed E-state index contributed by atoms with van der Waals surface area (Å²) in [5.41, 5.74) is 0. The average molecular weight is 905 g/mol. The number of ether oxygens (including phenoxy) is 3. The summed E-state index contributed by atoms with van der Waals surface area (Å²) >= 11 is 0. The molecule has 0 N–H and O–H groups in total. The van der Waals surface area contributed by atoms with Gasteiger partial charge in [-0.15, -0.1) is 0 Å². The lowest BCUT2D eigenvalue weighted by atomic mass is 10.1. The van der Waals surface area contributed by atoms with E-state index in [2.05, 4.69) is 106 Å². The van der Waals surface area contributed by atoms with E-state index < -0.39 is 6.10 Å². The van der Waals surface area contributed by atoms with E-state index in [0.29, 0.717) is 19.3 Å². The van der Waals surface area contributed by atoms with Gasteiger partial charge in [-0.25, -0.2) is 0 Å². The van der Waals surface area contributed by atoms with Crippen LogP contribution in [0.5, 0.6) is 0 Å². The maximum Gasteiger partial charge on any atom is 0.306 e. The molecule has 1 unspecified atom stereocenters. The number of carbonyl (C=O) groups excluding carboxylic acids is 3. The molecule has 372 valence electrons. The molecule has 65 heavy (non-hydrogen) atoms. The third-order valence-electron chi connectivity index (χ3n) is 11.4. The van der Waals surface area contributed by atoms with Crippen molar-refractivity contribution >= 4 is 17.9 Å². The van der Waals surface area contributed by atoms with Crippen molar-refractivity contribution in [2.75, 3.05) is 13.2 Å². The van der Waals surface area contributed by atoms with Gasteiger partial charge in [0, 0.05) is 19.3 Å². The molecular formula is C59H100O6. The van der Waals surface area contributed by atoms with Crippen LogP contribution in [0.25, 0.3) is 0 Å². The molecule has 0 radical (unpaired) electrons. The van der Waals surface area contributed by atoms with E-state index in [1.807, 2.05) is 0 Å². The van der Waals surface area contributed by atoms with Crippen molar-refractivity contribution in [2.45, 2.75) is 258 Å². The van der Waals surface area contributed by atoms with Crippen LogP contribution in [0.1, 0.15) is 252 Å². The Morgan fingerprint density at radius 2 is 0.600 bits per heavy atom. The van der Waals surface area contributed by atoms with Gasteiger partial charge in [0.1, 0.15) is 13.2 Å². The third-order valence-corrected chi connectivity index (χ3v) is 11.4. The lowest BCUT2D eigenvalue weighted by Crippen LogP contribution is -2.30. The van der Waals surface area contributed by atoms with E-state index in [-0.39, 0.29) is 31.1 Å². The molecule has 0 aliphatic heterocycles. The molecule has 0 saturated heterocycles. The average Bonchev–Trinajstić information content (AvgIpc) is 3.30. The lowest BCUT2D eigenvalue weighted by Gasteiger charge is -2.18. The zero-order valence-corrected chi connectivity index (χ0v) is 42.5. The van der Waals surface area contributed by atoms with E-state index in [1.54, 1.807) is 0 Å². The normalized spacial score (nSPS) is 12.7. The number of hydrogen-bond acceptors (Lipinski definition) is 6. The molecule has 0 aromatic carbocycles. The van der Waals surface area contributed by atoms with Gasteiger partial charge >= 0.3 is 17.9 Å². The summed E-state index contributed by atoms with van der Waals surface area (Å²) < 4.78 is 16.8. The summed E-state index contributed by atoms with van der Waals surface area (Å²) in [5.74, 6) is -0.945. The second kappa shape index (κ2) is 53.2. The van der Waals surface area contributed by atoms with Crippen LogP contribution in [0.2, 0.25) is 0 Å². The number of allylic oxidation sites excluding steroid dienone is 14. The van der Waals surface area contributed by atoms with E-state index in [9.17, 15) is 14.4 Å². The van der Waals surface area contributed by atoms with Gasteiger partial charge in [-0.2, -0.15) is 0 Å². The minimum absolute atomic E-state index is 0.0966. The lowest BCUT2D eigenvalue weighted by molar-refractivity contribution is -0.167. The van der Waals surface area contributed by atoms with Crippen LogP contribution in [0.15, 0.2) is 85.1 Å². The Morgan fingerprint density at radius 3 is 1.00 bits per heavy atom. The molecule has 1 atom stereocenters. The van der Waals surface area contributed by atoms with Crippen molar-refractivity contribution in [2.24, 2.45) is 0 Å². The molecule has 0 aliphatic carbocycles. The molecular weight excluding hydrogens is 805 g/mol. The highest BCUT2D eigenvalue weighted by atomic mass is 16.6. The molecule has 0 heterocycles. The van der Waals surface area contributed by atoms with Crippen molar-refractivity contribution in [3.8, 4) is 0 Å². The fourth-order valence-corrected chi connectivity index (χ4v) is 7.28. The van der Waals surface area contributed by atoms with Crippen LogP contribution in [0.4, 0.5) is 0 Å². The molecule has 0 saturated carbocycles. The molecule has 0 amide bonds. The molecule has 0 rings (SSSR count). The number of esters is 3. The highest BCUT2D eigenvalue weighted by Gasteiger charge is 2.19. The number of rotatable bonds is 48. The quantitative estimate of drug-likeness (QED) is 0.0262. The molecule has 0 bridgehead atoms. The smallest absolute Gasteiger partial charge is 0.306 e. The summed E-state index contributed by atoms with van der Waals surface area (Å²) in [6.45, 7) is 6.45. The first kappa shape index (κ1) is 61.6. The Labute approximate surface area is 401 Å². The van der Waals surface area contributed by atoms with Crippen LogP contribution in [-0.4, -0.2) is 37.2 Å². The maximum atomic E-state index is 12.8.